The Bertz CT molecular complexity index is 559. The van der Waals surface area contributed by atoms with Gasteiger partial charge in [-0.05, 0) is 56.8 Å². The third-order valence-electron chi connectivity index (χ3n) is 7.70. The summed E-state index contributed by atoms with van der Waals surface area (Å²) < 4.78 is 5.36. The van der Waals surface area contributed by atoms with E-state index in [2.05, 4.69) is 6.08 Å². The first-order chi connectivity index (χ1) is 14.8. The van der Waals surface area contributed by atoms with Gasteiger partial charge in [0.15, 0.2) is 0 Å². The average molecular weight is 441 g/mol. The Labute approximate surface area is 185 Å². The van der Waals surface area contributed by atoms with Gasteiger partial charge in [-0.2, -0.15) is 0 Å². The molecule has 3 fully saturated rings. The van der Waals surface area contributed by atoms with Crippen molar-refractivity contribution in [3.63, 3.8) is 0 Å². The molecule has 11 atom stereocenters. The van der Waals surface area contributed by atoms with Gasteiger partial charge in [0.1, 0.15) is 6.10 Å². The summed E-state index contributed by atoms with van der Waals surface area (Å²) in [6.07, 6.45) is 8.65. The smallest absolute Gasteiger partial charge is 0.107 e. The highest BCUT2D eigenvalue weighted by Gasteiger charge is 2.41. The van der Waals surface area contributed by atoms with Gasteiger partial charge in [0, 0.05) is 31.5 Å². The van der Waals surface area contributed by atoms with Crippen LogP contribution in [0.2, 0.25) is 0 Å². The maximum Gasteiger partial charge on any atom is 0.107 e. The molecule has 0 spiro atoms. The number of methoxy groups -OCH3 is 1. The second-order valence-electron chi connectivity index (χ2n) is 9.80. The molecule has 7 nitrogen and oxygen atoms in total. The lowest BCUT2D eigenvalue weighted by Gasteiger charge is -2.39. The molecule has 6 N–H and O–H groups in total. The van der Waals surface area contributed by atoms with E-state index in [-0.39, 0.29) is 42.3 Å². The van der Waals surface area contributed by atoms with Crippen LogP contribution in [0.4, 0.5) is 0 Å². The number of rotatable bonds is 6. The Hall–Kier alpha value is -0.800. The van der Waals surface area contributed by atoms with E-state index in [4.69, 9.17) is 4.74 Å². The number of hydrogen-bond donors (Lipinski definition) is 6. The van der Waals surface area contributed by atoms with Crippen molar-refractivity contribution in [1.29, 1.82) is 0 Å². The maximum atomic E-state index is 10.5. The van der Waals surface area contributed by atoms with Gasteiger partial charge < -0.3 is 35.4 Å². The first kappa shape index (κ1) is 24.8. The zero-order valence-corrected chi connectivity index (χ0v) is 18.4. The summed E-state index contributed by atoms with van der Waals surface area (Å²) in [5.74, 6) is -0.174. The minimum atomic E-state index is -1.21. The van der Waals surface area contributed by atoms with Gasteiger partial charge in [-0.15, -0.1) is 0 Å². The van der Waals surface area contributed by atoms with Crippen molar-refractivity contribution < 1.29 is 35.4 Å². The fourth-order valence-corrected chi connectivity index (χ4v) is 5.51. The van der Waals surface area contributed by atoms with Crippen molar-refractivity contribution in [2.24, 2.45) is 29.6 Å². The summed E-state index contributed by atoms with van der Waals surface area (Å²) in [6, 6.07) is 0. The van der Waals surface area contributed by atoms with Gasteiger partial charge in [-0.25, -0.2) is 0 Å². The number of aliphatic hydroxyl groups excluding tert-OH is 6. The van der Waals surface area contributed by atoms with Gasteiger partial charge in [0.05, 0.1) is 30.5 Å². The van der Waals surface area contributed by atoms with E-state index in [9.17, 15) is 30.6 Å². The van der Waals surface area contributed by atoms with E-state index in [1.807, 2.05) is 18.2 Å². The van der Waals surface area contributed by atoms with Crippen LogP contribution >= 0.6 is 0 Å². The Morgan fingerprint density at radius 3 is 1.77 bits per heavy atom. The lowest BCUT2D eigenvalue weighted by molar-refractivity contribution is -0.117. The van der Waals surface area contributed by atoms with Crippen molar-refractivity contribution >= 4 is 0 Å². The minimum Gasteiger partial charge on any atom is -0.396 e. The van der Waals surface area contributed by atoms with Crippen LogP contribution < -0.4 is 0 Å². The van der Waals surface area contributed by atoms with Crippen molar-refractivity contribution in [1.82, 2.24) is 0 Å². The van der Waals surface area contributed by atoms with Crippen LogP contribution in [0, 0.1) is 29.6 Å². The summed E-state index contributed by atoms with van der Waals surface area (Å²) in [6.45, 7) is -0.0303. The zero-order chi connectivity index (χ0) is 22.5. The Morgan fingerprint density at radius 2 is 1.23 bits per heavy atom. The van der Waals surface area contributed by atoms with Crippen LogP contribution in [0.1, 0.15) is 44.9 Å². The molecule has 0 amide bonds. The van der Waals surface area contributed by atoms with Crippen molar-refractivity contribution in [2.75, 3.05) is 13.7 Å². The van der Waals surface area contributed by atoms with Crippen molar-refractivity contribution in [2.45, 2.75) is 81.6 Å². The largest absolute Gasteiger partial charge is 0.396 e. The lowest BCUT2D eigenvalue weighted by atomic mass is 9.73. The molecule has 3 saturated carbocycles. The molecule has 0 saturated heterocycles. The van der Waals surface area contributed by atoms with Gasteiger partial charge >= 0.3 is 0 Å². The molecule has 178 valence electrons. The summed E-state index contributed by atoms with van der Waals surface area (Å²) >= 11 is 0. The lowest BCUT2D eigenvalue weighted by Crippen LogP contribution is -2.50. The highest BCUT2D eigenvalue weighted by atomic mass is 16.5. The van der Waals surface area contributed by atoms with Crippen molar-refractivity contribution in [3.8, 4) is 0 Å². The van der Waals surface area contributed by atoms with E-state index in [0.717, 1.165) is 19.3 Å². The second kappa shape index (κ2) is 11.4. The highest BCUT2D eigenvalue weighted by Crippen LogP contribution is 2.36. The predicted octanol–water partition coefficient (Wildman–Crippen LogP) is 0.763. The van der Waals surface area contributed by atoms with Crippen LogP contribution in [0.5, 0.6) is 0 Å². The molecule has 11 unspecified atom stereocenters. The van der Waals surface area contributed by atoms with Crippen LogP contribution in [-0.4, -0.2) is 81.0 Å². The maximum absolute atomic E-state index is 10.5. The molecule has 0 heterocycles. The fourth-order valence-electron chi connectivity index (χ4n) is 5.51. The Morgan fingerprint density at radius 1 is 0.677 bits per heavy atom. The third kappa shape index (κ3) is 6.16. The first-order valence-corrected chi connectivity index (χ1v) is 11.7. The number of allylic oxidation sites excluding steroid dienone is 2. The highest BCUT2D eigenvalue weighted by molar-refractivity contribution is 5.09. The van der Waals surface area contributed by atoms with Gasteiger partial charge in [0.2, 0.25) is 0 Å². The molecular formula is C24H40O7. The molecule has 3 rings (SSSR count). The summed E-state index contributed by atoms with van der Waals surface area (Å²) in [5.41, 5.74) is 0. The molecule has 31 heavy (non-hydrogen) atoms. The predicted molar refractivity (Wildman–Crippen MR) is 116 cm³/mol. The van der Waals surface area contributed by atoms with Crippen LogP contribution in [0.25, 0.3) is 0 Å². The SMILES string of the molecule is COC1CC(/C=C/C2CC(/C=C/C3CCC(O)C(CO)C3)C(O)C(O)C2O)CCC1O. The van der Waals surface area contributed by atoms with E-state index in [0.29, 0.717) is 25.7 Å². The molecule has 0 aliphatic heterocycles. The number of aliphatic hydroxyl groups is 6. The van der Waals surface area contributed by atoms with E-state index in [1.165, 1.54) is 0 Å². The van der Waals surface area contributed by atoms with Crippen LogP contribution in [-0.2, 0) is 4.74 Å². The van der Waals surface area contributed by atoms with Gasteiger partial charge in [0.25, 0.3) is 0 Å². The number of ether oxygens (including phenoxy) is 1. The quantitative estimate of drug-likeness (QED) is 0.336. The summed E-state index contributed by atoms with van der Waals surface area (Å²) in [7, 11) is 1.61. The molecule has 3 aliphatic rings. The topological polar surface area (TPSA) is 131 Å². The second-order valence-corrected chi connectivity index (χ2v) is 9.80. The molecule has 3 aliphatic carbocycles. The molecule has 0 aromatic carbocycles. The normalized spacial score (nSPS) is 47.3. The molecule has 0 bridgehead atoms. The summed E-state index contributed by atoms with van der Waals surface area (Å²) in [5, 5.41) is 60.8. The average Bonchev–Trinajstić information content (AvgIpc) is 2.78. The zero-order valence-electron chi connectivity index (χ0n) is 18.4. The first-order valence-electron chi connectivity index (χ1n) is 11.7. The Balaban J connectivity index is 1.61. The molecule has 0 aromatic rings. The third-order valence-corrected chi connectivity index (χ3v) is 7.70. The number of hydrogen-bond acceptors (Lipinski definition) is 7. The molecule has 0 aromatic heterocycles. The minimum absolute atomic E-state index is 0.0303. The standard InChI is InChI=1S/C24H40O7/c1-31-21-11-15(5-9-20(21)27)3-7-17-12-16(22(28)24(30)23(17)29)6-2-14-4-8-19(26)18(10-14)13-25/h2-3,6-7,14-30H,4-5,8-13H2,1H3/b6-2+,7-3+. The van der Waals surface area contributed by atoms with Crippen LogP contribution in [0.3, 0.4) is 0 Å². The van der Waals surface area contributed by atoms with E-state index >= 15 is 0 Å². The fraction of sp³-hybridized carbons (Fsp3) is 0.833. The molecule has 7 heteroatoms. The Kier molecular flexibility index (Phi) is 9.11. The monoisotopic (exact) mass is 440 g/mol. The molecular weight excluding hydrogens is 400 g/mol. The van der Waals surface area contributed by atoms with E-state index in [1.54, 1.807) is 7.11 Å². The van der Waals surface area contributed by atoms with Crippen molar-refractivity contribution in [3.05, 3.63) is 24.3 Å². The van der Waals surface area contributed by atoms with Gasteiger partial charge in [-0.1, -0.05) is 24.3 Å². The van der Waals surface area contributed by atoms with E-state index < -0.39 is 30.5 Å². The van der Waals surface area contributed by atoms with Gasteiger partial charge in [-0.3, -0.25) is 0 Å². The molecule has 0 radical (unpaired) electrons. The van der Waals surface area contributed by atoms with Crippen LogP contribution in [0.15, 0.2) is 24.3 Å². The summed E-state index contributed by atoms with van der Waals surface area (Å²) in [4.78, 5) is 0.